The van der Waals surface area contributed by atoms with Gasteiger partial charge in [-0.05, 0) is 30.5 Å². The van der Waals surface area contributed by atoms with Crippen molar-refractivity contribution in [3.05, 3.63) is 44.5 Å². The van der Waals surface area contributed by atoms with E-state index in [1.165, 1.54) is 0 Å². The summed E-state index contributed by atoms with van der Waals surface area (Å²) in [5.74, 6) is 0. The van der Waals surface area contributed by atoms with Crippen LogP contribution in [-0.4, -0.2) is 22.7 Å². The molecule has 2 heterocycles. The monoisotopic (exact) mass is 280 g/mol. The number of H-pyrrole nitrogens is 2. The van der Waals surface area contributed by atoms with Crippen molar-refractivity contribution >= 4 is 22.6 Å². The third-order valence-corrected chi connectivity index (χ3v) is 3.89. The van der Waals surface area contributed by atoms with Crippen LogP contribution in [0.4, 0.5) is 0 Å². The summed E-state index contributed by atoms with van der Waals surface area (Å²) in [6.45, 7) is 0.742. The first-order valence-corrected chi connectivity index (χ1v) is 6.61. The van der Waals surface area contributed by atoms with Crippen molar-refractivity contribution in [3.8, 4) is 0 Å². The fourth-order valence-corrected chi connectivity index (χ4v) is 2.69. The zero-order valence-corrected chi connectivity index (χ0v) is 10.9. The molecule has 0 amide bonds. The van der Waals surface area contributed by atoms with Crippen LogP contribution in [0, 0.1) is 0 Å². The third kappa shape index (κ3) is 2.31. The van der Waals surface area contributed by atoms with Crippen molar-refractivity contribution < 1.29 is 4.74 Å². The number of nitrogens with one attached hydrogen (secondary N) is 2. The van der Waals surface area contributed by atoms with Crippen LogP contribution in [0.5, 0.6) is 0 Å². The minimum atomic E-state index is -0.659. The molecule has 1 aliphatic rings. The Bertz CT molecular complexity index is 716. The summed E-state index contributed by atoms with van der Waals surface area (Å²) >= 11 is 6.40. The van der Waals surface area contributed by atoms with E-state index >= 15 is 0 Å². The van der Waals surface area contributed by atoms with Gasteiger partial charge in [0.25, 0.3) is 0 Å². The lowest BCUT2D eigenvalue weighted by Crippen LogP contribution is -2.29. The van der Waals surface area contributed by atoms with Gasteiger partial charge in [-0.15, -0.1) is 11.6 Å². The molecule has 0 spiro atoms. The van der Waals surface area contributed by atoms with E-state index < -0.39 is 11.1 Å². The number of alkyl halides is 1. The molecule has 0 radical (unpaired) electrons. The number of rotatable bonds is 2. The first-order chi connectivity index (χ1) is 9.15. The molecule has 0 saturated carbocycles. The summed E-state index contributed by atoms with van der Waals surface area (Å²) in [5, 5.41) is -0.248. The number of hydrogen-bond donors (Lipinski definition) is 2. The summed E-state index contributed by atoms with van der Waals surface area (Å²) in [6, 6.07) is 5.37. The zero-order valence-electron chi connectivity index (χ0n) is 10.1. The molecule has 19 heavy (non-hydrogen) atoms. The van der Waals surface area contributed by atoms with Crippen LogP contribution >= 0.6 is 11.6 Å². The van der Waals surface area contributed by atoms with Crippen molar-refractivity contribution in [2.45, 2.75) is 24.3 Å². The molecule has 2 N–H and O–H groups in total. The SMILES string of the molecule is O=c1[nH]c2ccc(C(Cl)C3CCCO3)cc2[nH]c1=O. The van der Waals surface area contributed by atoms with Crippen molar-refractivity contribution in [3.63, 3.8) is 0 Å². The molecule has 1 aromatic carbocycles. The maximum Gasteiger partial charge on any atom is 0.314 e. The molecule has 1 aromatic heterocycles. The zero-order chi connectivity index (χ0) is 13.4. The Morgan fingerprint density at radius 3 is 2.63 bits per heavy atom. The number of fused-ring (bicyclic) bond motifs is 1. The van der Waals surface area contributed by atoms with Gasteiger partial charge in [-0.3, -0.25) is 9.59 Å². The van der Waals surface area contributed by atoms with E-state index in [1.807, 2.05) is 6.07 Å². The van der Waals surface area contributed by atoms with E-state index in [0.29, 0.717) is 11.0 Å². The van der Waals surface area contributed by atoms with Gasteiger partial charge in [0.15, 0.2) is 0 Å². The van der Waals surface area contributed by atoms with Gasteiger partial charge in [-0.2, -0.15) is 0 Å². The highest BCUT2D eigenvalue weighted by Gasteiger charge is 2.25. The van der Waals surface area contributed by atoms with E-state index in [9.17, 15) is 9.59 Å². The van der Waals surface area contributed by atoms with E-state index in [1.54, 1.807) is 12.1 Å². The molecule has 100 valence electrons. The van der Waals surface area contributed by atoms with Gasteiger partial charge in [-0.1, -0.05) is 6.07 Å². The average molecular weight is 281 g/mol. The predicted molar refractivity (Wildman–Crippen MR) is 72.8 cm³/mol. The maximum absolute atomic E-state index is 11.3. The highest BCUT2D eigenvalue weighted by atomic mass is 35.5. The van der Waals surface area contributed by atoms with Crippen LogP contribution in [-0.2, 0) is 4.74 Å². The second-order valence-electron chi connectivity index (χ2n) is 4.67. The smallest absolute Gasteiger partial charge is 0.314 e. The normalized spacial score (nSPS) is 20.8. The topological polar surface area (TPSA) is 75.0 Å². The number of benzene rings is 1. The molecule has 6 heteroatoms. The van der Waals surface area contributed by atoms with Crippen LogP contribution in [0.2, 0.25) is 0 Å². The van der Waals surface area contributed by atoms with E-state index in [0.717, 1.165) is 25.0 Å². The van der Waals surface area contributed by atoms with Gasteiger partial charge in [0.2, 0.25) is 0 Å². The predicted octanol–water partition coefficient (Wildman–Crippen LogP) is 1.68. The molecule has 0 bridgehead atoms. The van der Waals surface area contributed by atoms with E-state index in [-0.39, 0.29) is 11.5 Å². The molecule has 1 saturated heterocycles. The molecule has 2 aromatic rings. The Hall–Kier alpha value is -1.59. The minimum Gasteiger partial charge on any atom is -0.376 e. The fourth-order valence-electron chi connectivity index (χ4n) is 2.35. The van der Waals surface area contributed by atoms with Crippen molar-refractivity contribution in [1.82, 2.24) is 9.97 Å². The van der Waals surface area contributed by atoms with Crippen LogP contribution in [0.1, 0.15) is 23.8 Å². The van der Waals surface area contributed by atoms with Gasteiger partial charge < -0.3 is 14.7 Å². The summed E-state index contributed by atoms with van der Waals surface area (Å²) in [4.78, 5) is 27.6. The Labute approximate surface area is 113 Å². The highest BCUT2D eigenvalue weighted by molar-refractivity contribution is 6.21. The van der Waals surface area contributed by atoms with Crippen LogP contribution < -0.4 is 11.1 Å². The molecular formula is C13H13ClN2O3. The van der Waals surface area contributed by atoms with Gasteiger partial charge in [-0.25, -0.2) is 0 Å². The second-order valence-corrected chi connectivity index (χ2v) is 5.14. The second kappa shape index (κ2) is 4.83. The van der Waals surface area contributed by atoms with Crippen LogP contribution in [0.15, 0.2) is 27.8 Å². The number of halogens is 1. The molecule has 5 nitrogen and oxygen atoms in total. The molecule has 1 fully saturated rings. The Morgan fingerprint density at radius 1 is 1.21 bits per heavy atom. The Morgan fingerprint density at radius 2 is 1.95 bits per heavy atom. The standard InChI is InChI=1S/C13H13ClN2O3/c14-11(10-2-1-5-19-10)7-3-4-8-9(6-7)16-13(18)12(17)15-8/h3-4,6,10-11H,1-2,5H2,(H,15,17)(H,16,18). The molecule has 2 atom stereocenters. The first-order valence-electron chi connectivity index (χ1n) is 6.17. The maximum atomic E-state index is 11.3. The quantitative estimate of drug-likeness (QED) is 0.649. The van der Waals surface area contributed by atoms with Gasteiger partial charge in [0, 0.05) is 6.61 Å². The lowest BCUT2D eigenvalue weighted by Gasteiger charge is -2.17. The molecule has 1 aliphatic heterocycles. The van der Waals surface area contributed by atoms with Gasteiger partial charge in [0.1, 0.15) is 0 Å². The molecule has 0 aliphatic carbocycles. The molecule has 3 rings (SSSR count). The summed E-state index contributed by atoms with van der Waals surface area (Å²) in [6.07, 6.45) is 1.97. The number of hydrogen-bond acceptors (Lipinski definition) is 3. The number of aromatic nitrogens is 2. The third-order valence-electron chi connectivity index (χ3n) is 3.36. The Kier molecular flexibility index (Phi) is 3.16. The Balaban J connectivity index is 2.03. The summed E-state index contributed by atoms with van der Waals surface area (Å²) < 4.78 is 5.56. The largest absolute Gasteiger partial charge is 0.376 e. The summed E-state index contributed by atoms with van der Waals surface area (Å²) in [7, 11) is 0. The first kappa shape index (κ1) is 12.4. The van der Waals surface area contributed by atoms with Crippen molar-refractivity contribution in [1.29, 1.82) is 0 Å². The lowest BCUT2D eigenvalue weighted by molar-refractivity contribution is 0.107. The van der Waals surface area contributed by atoms with E-state index in [2.05, 4.69) is 9.97 Å². The average Bonchev–Trinajstić information content (AvgIpc) is 2.93. The van der Waals surface area contributed by atoms with Crippen molar-refractivity contribution in [2.75, 3.05) is 6.61 Å². The highest BCUT2D eigenvalue weighted by Crippen LogP contribution is 2.32. The summed E-state index contributed by atoms with van der Waals surface area (Å²) in [5.41, 5.74) is 0.730. The molecular weight excluding hydrogens is 268 g/mol. The van der Waals surface area contributed by atoms with Gasteiger partial charge in [0.05, 0.1) is 22.5 Å². The van der Waals surface area contributed by atoms with Gasteiger partial charge >= 0.3 is 11.1 Å². The van der Waals surface area contributed by atoms with E-state index in [4.69, 9.17) is 16.3 Å². The minimum absolute atomic E-state index is 0.00796. The fraction of sp³-hybridized carbons (Fsp3) is 0.385. The number of ether oxygens (including phenoxy) is 1. The molecule has 2 unspecified atom stereocenters. The van der Waals surface area contributed by atoms with Crippen molar-refractivity contribution in [2.24, 2.45) is 0 Å². The lowest BCUT2D eigenvalue weighted by atomic mass is 10.0. The number of aromatic amines is 2. The van der Waals surface area contributed by atoms with Crippen LogP contribution in [0.3, 0.4) is 0 Å². The van der Waals surface area contributed by atoms with Crippen LogP contribution in [0.25, 0.3) is 11.0 Å².